The summed E-state index contributed by atoms with van der Waals surface area (Å²) in [7, 11) is 1.67. The van der Waals surface area contributed by atoms with Crippen LogP contribution in [0.25, 0.3) is 0 Å². The smallest absolute Gasteiger partial charge is 0.236 e. The van der Waals surface area contributed by atoms with Gasteiger partial charge in [0.15, 0.2) is 11.7 Å². The van der Waals surface area contributed by atoms with Crippen molar-refractivity contribution in [1.29, 1.82) is 0 Å². The second-order valence-corrected chi connectivity index (χ2v) is 4.92. The average molecular weight is 266 g/mol. The van der Waals surface area contributed by atoms with Gasteiger partial charge in [0.1, 0.15) is 11.2 Å². The van der Waals surface area contributed by atoms with Crippen molar-refractivity contribution in [2.24, 2.45) is 16.3 Å². The molecule has 1 saturated carbocycles. The number of nitrogens with two attached hydrogens (primary N) is 1. The molecule has 0 bridgehead atoms. The van der Waals surface area contributed by atoms with Crippen LogP contribution >= 0.6 is 0 Å². The number of H-pyrrole nitrogens is 1. The Bertz CT molecular complexity index is 505. The van der Waals surface area contributed by atoms with Gasteiger partial charge in [-0.3, -0.25) is 9.89 Å². The van der Waals surface area contributed by atoms with Crippen molar-refractivity contribution < 1.29 is 10.0 Å². The Balaban J connectivity index is 2.10. The number of amidine groups is 1. The van der Waals surface area contributed by atoms with E-state index in [1.807, 2.05) is 0 Å². The fourth-order valence-corrected chi connectivity index (χ4v) is 2.31. The van der Waals surface area contributed by atoms with Crippen LogP contribution in [0.4, 0.5) is 0 Å². The van der Waals surface area contributed by atoms with Crippen LogP contribution in [-0.4, -0.2) is 44.1 Å². The number of aryl methyl sites for hydroxylation is 1. The summed E-state index contributed by atoms with van der Waals surface area (Å²) in [6, 6.07) is 0. The van der Waals surface area contributed by atoms with E-state index in [-0.39, 0.29) is 11.7 Å². The topological polar surface area (TPSA) is 120 Å². The summed E-state index contributed by atoms with van der Waals surface area (Å²) in [6.07, 6.45) is 2.12. The number of hydrogen-bond donors (Lipinski definition) is 3. The van der Waals surface area contributed by atoms with Crippen molar-refractivity contribution in [3.8, 4) is 0 Å². The molecule has 0 spiro atoms. The quantitative estimate of drug-likeness (QED) is 0.306. The highest BCUT2D eigenvalue weighted by atomic mass is 16.4. The SMILES string of the molecule is Cc1nc(CN(C)C(=O)C2(C(N)=NO)CCC2)n[nH]1. The molecule has 104 valence electrons. The van der Waals surface area contributed by atoms with Gasteiger partial charge < -0.3 is 15.8 Å². The molecular formula is C11H18N6O2. The number of oxime groups is 1. The molecule has 0 atom stereocenters. The minimum absolute atomic E-state index is 0.0123. The fraction of sp³-hybridized carbons (Fsp3) is 0.636. The Morgan fingerprint density at radius 3 is 2.74 bits per heavy atom. The number of amides is 1. The molecule has 8 heteroatoms. The Hall–Kier alpha value is -2.12. The van der Waals surface area contributed by atoms with Gasteiger partial charge in [-0.25, -0.2) is 4.98 Å². The van der Waals surface area contributed by atoms with Crippen LogP contribution in [0, 0.1) is 12.3 Å². The molecule has 2 rings (SSSR count). The molecule has 0 saturated heterocycles. The van der Waals surface area contributed by atoms with Crippen LogP contribution in [0.1, 0.15) is 30.9 Å². The fourth-order valence-electron chi connectivity index (χ4n) is 2.31. The van der Waals surface area contributed by atoms with E-state index < -0.39 is 5.41 Å². The molecule has 19 heavy (non-hydrogen) atoms. The first-order valence-electron chi connectivity index (χ1n) is 6.11. The summed E-state index contributed by atoms with van der Waals surface area (Å²) < 4.78 is 0. The molecule has 1 amide bonds. The molecule has 1 aliphatic rings. The van der Waals surface area contributed by atoms with Gasteiger partial charge in [0, 0.05) is 7.05 Å². The summed E-state index contributed by atoms with van der Waals surface area (Å²) in [4.78, 5) is 18.1. The maximum atomic E-state index is 12.4. The van der Waals surface area contributed by atoms with E-state index in [0.717, 1.165) is 6.42 Å². The molecule has 1 aromatic rings. The number of carbonyl (C=O) groups excluding carboxylic acids is 1. The van der Waals surface area contributed by atoms with E-state index in [1.54, 1.807) is 14.0 Å². The molecule has 1 heterocycles. The molecule has 1 fully saturated rings. The third-order valence-electron chi connectivity index (χ3n) is 3.58. The Kier molecular flexibility index (Phi) is 3.41. The summed E-state index contributed by atoms with van der Waals surface area (Å²) in [5, 5.41) is 18.5. The van der Waals surface area contributed by atoms with Crippen LogP contribution in [-0.2, 0) is 11.3 Å². The van der Waals surface area contributed by atoms with E-state index in [0.29, 0.717) is 31.0 Å². The minimum Gasteiger partial charge on any atom is -0.409 e. The molecule has 8 nitrogen and oxygen atoms in total. The van der Waals surface area contributed by atoms with Crippen molar-refractivity contribution >= 4 is 11.7 Å². The number of nitrogens with one attached hydrogen (secondary N) is 1. The van der Waals surface area contributed by atoms with Crippen LogP contribution in [0.2, 0.25) is 0 Å². The standard InChI is InChI=1S/C11H18N6O2/c1-7-13-8(15-14-7)6-17(2)10(18)11(4-3-5-11)9(12)16-19/h19H,3-6H2,1-2H3,(H2,12,16)(H,13,14,15). The van der Waals surface area contributed by atoms with Crippen LogP contribution in [0.5, 0.6) is 0 Å². The van der Waals surface area contributed by atoms with Crippen molar-refractivity contribution in [2.75, 3.05) is 7.05 Å². The molecular weight excluding hydrogens is 248 g/mol. The number of nitrogens with zero attached hydrogens (tertiary/aromatic N) is 4. The predicted molar refractivity (Wildman–Crippen MR) is 67.3 cm³/mol. The van der Waals surface area contributed by atoms with Crippen molar-refractivity contribution in [2.45, 2.75) is 32.7 Å². The molecule has 0 aliphatic heterocycles. The second kappa shape index (κ2) is 4.87. The van der Waals surface area contributed by atoms with E-state index in [9.17, 15) is 4.79 Å². The van der Waals surface area contributed by atoms with Gasteiger partial charge >= 0.3 is 0 Å². The van der Waals surface area contributed by atoms with E-state index in [4.69, 9.17) is 10.9 Å². The zero-order chi connectivity index (χ0) is 14.0. The minimum atomic E-state index is -0.852. The third kappa shape index (κ3) is 2.25. The Labute approximate surface area is 110 Å². The predicted octanol–water partition coefficient (Wildman–Crippen LogP) is -0.0118. The second-order valence-electron chi connectivity index (χ2n) is 4.92. The maximum absolute atomic E-state index is 12.4. The lowest BCUT2D eigenvalue weighted by Gasteiger charge is -2.41. The lowest BCUT2D eigenvalue weighted by Crippen LogP contribution is -2.54. The zero-order valence-corrected chi connectivity index (χ0v) is 11.1. The molecule has 1 aromatic heterocycles. The van der Waals surface area contributed by atoms with Crippen LogP contribution in [0.15, 0.2) is 5.16 Å². The lowest BCUT2D eigenvalue weighted by molar-refractivity contribution is -0.141. The number of hydrogen-bond acceptors (Lipinski definition) is 5. The van der Waals surface area contributed by atoms with Gasteiger partial charge in [-0.2, -0.15) is 5.10 Å². The van der Waals surface area contributed by atoms with Gasteiger partial charge in [0.2, 0.25) is 5.91 Å². The van der Waals surface area contributed by atoms with Gasteiger partial charge in [-0.15, -0.1) is 0 Å². The van der Waals surface area contributed by atoms with Crippen molar-refractivity contribution in [3.05, 3.63) is 11.6 Å². The van der Waals surface area contributed by atoms with Gasteiger partial charge in [-0.1, -0.05) is 11.6 Å². The number of aromatic nitrogens is 3. The third-order valence-corrected chi connectivity index (χ3v) is 3.58. The number of rotatable bonds is 4. The maximum Gasteiger partial charge on any atom is 0.236 e. The molecule has 1 aliphatic carbocycles. The molecule has 0 radical (unpaired) electrons. The van der Waals surface area contributed by atoms with E-state index in [1.165, 1.54) is 4.90 Å². The first-order valence-corrected chi connectivity index (χ1v) is 6.11. The van der Waals surface area contributed by atoms with Gasteiger partial charge in [-0.05, 0) is 19.8 Å². The molecule has 4 N–H and O–H groups in total. The molecule has 0 aromatic carbocycles. The van der Waals surface area contributed by atoms with Gasteiger partial charge in [0.05, 0.1) is 6.54 Å². The number of carbonyl (C=O) groups is 1. The van der Waals surface area contributed by atoms with Crippen LogP contribution in [0.3, 0.4) is 0 Å². The van der Waals surface area contributed by atoms with Crippen LogP contribution < -0.4 is 5.73 Å². The average Bonchev–Trinajstić information content (AvgIpc) is 2.72. The number of aromatic amines is 1. The Morgan fingerprint density at radius 1 is 1.63 bits per heavy atom. The highest BCUT2D eigenvalue weighted by Gasteiger charge is 2.49. The summed E-state index contributed by atoms with van der Waals surface area (Å²) in [5.41, 5.74) is 4.81. The Morgan fingerprint density at radius 2 is 2.32 bits per heavy atom. The highest BCUT2D eigenvalue weighted by molar-refractivity contribution is 6.07. The zero-order valence-electron chi connectivity index (χ0n) is 11.1. The first kappa shape index (κ1) is 13.3. The first-order chi connectivity index (χ1) is 8.99. The van der Waals surface area contributed by atoms with E-state index in [2.05, 4.69) is 20.3 Å². The van der Waals surface area contributed by atoms with Gasteiger partial charge in [0.25, 0.3) is 0 Å². The highest BCUT2D eigenvalue weighted by Crippen LogP contribution is 2.42. The van der Waals surface area contributed by atoms with E-state index >= 15 is 0 Å². The monoisotopic (exact) mass is 266 g/mol. The van der Waals surface area contributed by atoms with Crippen molar-refractivity contribution in [1.82, 2.24) is 20.1 Å². The summed E-state index contributed by atoms with van der Waals surface area (Å²) in [5.74, 6) is 1.08. The largest absolute Gasteiger partial charge is 0.409 e. The lowest BCUT2D eigenvalue weighted by atomic mass is 9.67. The molecule has 0 unspecified atom stereocenters. The summed E-state index contributed by atoms with van der Waals surface area (Å²) in [6.45, 7) is 2.09. The normalized spacial score (nSPS) is 17.9. The summed E-state index contributed by atoms with van der Waals surface area (Å²) >= 11 is 0. The van der Waals surface area contributed by atoms with Crippen molar-refractivity contribution in [3.63, 3.8) is 0 Å².